The Morgan fingerprint density at radius 1 is 1.04 bits per heavy atom. The monoisotopic (exact) mass is 361 g/mol. The zero-order valence-corrected chi connectivity index (χ0v) is 15.9. The number of urea groups is 1. The minimum atomic E-state index is 0.0796. The lowest BCUT2D eigenvalue weighted by atomic mass is 10.1. The van der Waals surface area contributed by atoms with Crippen molar-refractivity contribution in [3.05, 3.63) is 53.6 Å². The number of hydrogen-bond donors (Lipinski definition) is 1. The molecule has 2 aliphatic heterocycles. The topological polar surface area (TPSA) is 35.6 Å². The summed E-state index contributed by atoms with van der Waals surface area (Å²) in [6.45, 7) is 5.41. The Labute approximate surface area is 161 Å². The number of carbonyl (C=O) groups is 1. The second-order valence-electron chi connectivity index (χ2n) is 8.11. The number of amides is 2. The molecule has 140 valence electrons. The minimum absolute atomic E-state index is 0.0796. The van der Waals surface area contributed by atoms with Gasteiger partial charge in [-0.3, -0.25) is 0 Å². The van der Waals surface area contributed by atoms with Gasteiger partial charge in [0.15, 0.2) is 0 Å². The van der Waals surface area contributed by atoms with Gasteiger partial charge in [-0.2, -0.15) is 0 Å². The van der Waals surface area contributed by atoms with E-state index in [4.69, 9.17) is 0 Å². The zero-order chi connectivity index (χ0) is 18.4. The fourth-order valence-corrected chi connectivity index (χ4v) is 5.17. The summed E-state index contributed by atoms with van der Waals surface area (Å²) in [6.07, 6.45) is 4.33. The molecule has 3 aliphatic rings. The summed E-state index contributed by atoms with van der Waals surface area (Å²) < 4.78 is 0. The predicted octanol–water partition coefficient (Wildman–Crippen LogP) is 4.35. The van der Waals surface area contributed by atoms with E-state index < -0.39 is 0 Å². The van der Waals surface area contributed by atoms with E-state index in [-0.39, 0.29) is 6.03 Å². The number of anilines is 1. The average molecular weight is 361 g/mol. The summed E-state index contributed by atoms with van der Waals surface area (Å²) in [4.78, 5) is 17.7. The Morgan fingerprint density at radius 2 is 1.85 bits per heavy atom. The van der Waals surface area contributed by atoms with Gasteiger partial charge in [-0.05, 0) is 66.6 Å². The van der Waals surface area contributed by atoms with Gasteiger partial charge in [0.25, 0.3) is 0 Å². The van der Waals surface area contributed by atoms with E-state index in [9.17, 15) is 4.79 Å². The van der Waals surface area contributed by atoms with Crippen LogP contribution in [0.5, 0.6) is 0 Å². The maximum Gasteiger partial charge on any atom is 0.322 e. The molecule has 0 aromatic heterocycles. The first-order valence-corrected chi connectivity index (χ1v) is 10.3. The molecule has 1 aliphatic carbocycles. The lowest BCUT2D eigenvalue weighted by Crippen LogP contribution is -2.45. The molecule has 2 aromatic rings. The van der Waals surface area contributed by atoms with Crippen LogP contribution < -0.4 is 5.32 Å². The molecule has 1 N–H and O–H groups in total. The Bertz CT molecular complexity index is 878. The SMILES string of the molecule is CCN1CC[C@H]2CC[C@@H](C1)N2C(=O)Nc1ccc2c(c1)Cc1ccccc1-2. The molecule has 0 saturated carbocycles. The first kappa shape index (κ1) is 16.8. The zero-order valence-electron chi connectivity index (χ0n) is 15.9. The van der Waals surface area contributed by atoms with Crippen molar-refractivity contribution in [3.8, 4) is 11.1 Å². The molecule has 0 radical (unpaired) electrons. The third-order valence-corrected chi connectivity index (χ3v) is 6.59. The van der Waals surface area contributed by atoms with Crippen LogP contribution in [0.25, 0.3) is 11.1 Å². The maximum atomic E-state index is 13.1. The van der Waals surface area contributed by atoms with Crippen molar-refractivity contribution in [2.45, 2.75) is 44.7 Å². The molecule has 2 heterocycles. The molecule has 0 spiro atoms. The van der Waals surface area contributed by atoms with Crippen molar-refractivity contribution in [2.24, 2.45) is 0 Å². The number of likely N-dealkylation sites (tertiary alicyclic amines) is 1. The van der Waals surface area contributed by atoms with Crippen LogP contribution in [-0.2, 0) is 6.42 Å². The van der Waals surface area contributed by atoms with E-state index >= 15 is 0 Å². The predicted molar refractivity (Wildman–Crippen MR) is 109 cm³/mol. The largest absolute Gasteiger partial charge is 0.322 e. The van der Waals surface area contributed by atoms with E-state index in [0.29, 0.717) is 12.1 Å². The molecule has 5 rings (SSSR count). The highest BCUT2D eigenvalue weighted by atomic mass is 16.2. The summed E-state index contributed by atoms with van der Waals surface area (Å²) >= 11 is 0. The van der Waals surface area contributed by atoms with Gasteiger partial charge in [-0.25, -0.2) is 4.79 Å². The smallest absolute Gasteiger partial charge is 0.317 e. The second-order valence-corrected chi connectivity index (χ2v) is 8.11. The van der Waals surface area contributed by atoms with Crippen LogP contribution in [0, 0.1) is 0 Å². The molecule has 2 bridgehead atoms. The second kappa shape index (κ2) is 6.68. The summed E-state index contributed by atoms with van der Waals surface area (Å²) in [5, 5.41) is 3.20. The highest BCUT2D eigenvalue weighted by molar-refractivity contribution is 5.91. The number of hydrogen-bond acceptors (Lipinski definition) is 2. The first-order chi connectivity index (χ1) is 13.2. The number of likely N-dealkylation sites (N-methyl/N-ethyl adjacent to an activating group) is 1. The molecule has 2 saturated heterocycles. The van der Waals surface area contributed by atoms with Crippen molar-refractivity contribution in [1.82, 2.24) is 9.80 Å². The van der Waals surface area contributed by atoms with Crippen molar-refractivity contribution in [1.29, 1.82) is 0 Å². The van der Waals surface area contributed by atoms with Crippen molar-refractivity contribution >= 4 is 11.7 Å². The van der Waals surface area contributed by atoms with Crippen LogP contribution in [0.1, 0.15) is 37.3 Å². The van der Waals surface area contributed by atoms with Crippen LogP contribution in [0.15, 0.2) is 42.5 Å². The van der Waals surface area contributed by atoms with E-state index in [1.165, 1.54) is 22.3 Å². The highest BCUT2D eigenvalue weighted by Crippen LogP contribution is 2.38. The molecule has 4 heteroatoms. The first-order valence-electron chi connectivity index (χ1n) is 10.3. The Kier molecular flexibility index (Phi) is 4.16. The van der Waals surface area contributed by atoms with Crippen molar-refractivity contribution in [2.75, 3.05) is 25.0 Å². The van der Waals surface area contributed by atoms with Gasteiger partial charge in [-0.1, -0.05) is 37.3 Å². The fourth-order valence-electron chi connectivity index (χ4n) is 5.17. The lowest BCUT2D eigenvalue weighted by molar-refractivity contribution is 0.184. The van der Waals surface area contributed by atoms with Gasteiger partial charge in [0.05, 0.1) is 0 Å². The summed E-state index contributed by atoms with van der Waals surface area (Å²) in [5.74, 6) is 0. The number of nitrogens with one attached hydrogen (secondary N) is 1. The van der Waals surface area contributed by atoms with E-state index in [0.717, 1.165) is 51.0 Å². The third kappa shape index (κ3) is 2.92. The molecule has 2 amide bonds. The Balaban J connectivity index is 1.34. The van der Waals surface area contributed by atoms with Crippen molar-refractivity contribution in [3.63, 3.8) is 0 Å². The minimum Gasteiger partial charge on any atom is -0.317 e. The number of rotatable bonds is 2. The van der Waals surface area contributed by atoms with E-state index in [2.05, 4.69) is 64.5 Å². The lowest BCUT2D eigenvalue weighted by Gasteiger charge is -2.29. The summed E-state index contributed by atoms with van der Waals surface area (Å²) in [5.41, 5.74) is 6.24. The third-order valence-electron chi connectivity index (χ3n) is 6.59. The molecule has 2 aromatic carbocycles. The van der Waals surface area contributed by atoms with Gasteiger partial charge in [0.1, 0.15) is 0 Å². The van der Waals surface area contributed by atoms with Gasteiger partial charge in [0.2, 0.25) is 0 Å². The standard InChI is InChI=1S/C23H27N3O/c1-2-25-12-11-19-8-9-20(15-25)26(19)23(27)24-18-7-10-22-17(14-18)13-16-5-3-4-6-21(16)22/h3-7,10,14,19-20H,2,8-9,11-13,15H2,1H3,(H,24,27)/t19-,20+/m1/s1. The average Bonchev–Trinajstić information content (AvgIpc) is 3.18. The molecule has 4 nitrogen and oxygen atoms in total. The van der Waals surface area contributed by atoms with Gasteiger partial charge in [-0.15, -0.1) is 0 Å². The van der Waals surface area contributed by atoms with E-state index in [1.54, 1.807) is 0 Å². The van der Waals surface area contributed by atoms with Crippen LogP contribution in [0.4, 0.5) is 10.5 Å². The molecular weight excluding hydrogens is 334 g/mol. The molecular formula is C23H27N3O. The van der Waals surface area contributed by atoms with Crippen LogP contribution >= 0.6 is 0 Å². The Hall–Kier alpha value is -2.33. The number of carbonyl (C=O) groups excluding carboxylic acids is 1. The summed E-state index contributed by atoms with van der Waals surface area (Å²) in [7, 11) is 0. The normalized spacial score (nSPS) is 23.7. The maximum absolute atomic E-state index is 13.1. The summed E-state index contributed by atoms with van der Waals surface area (Å²) in [6, 6.07) is 15.8. The van der Waals surface area contributed by atoms with Gasteiger partial charge >= 0.3 is 6.03 Å². The number of fused-ring (bicyclic) bond motifs is 5. The highest BCUT2D eigenvalue weighted by Gasteiger charge is 2.39. The van der Waals surface area contributed by atoms with E-state index in [1.807, 2.05) is 0 Å². The van der Waals surface area contributed by atoms with Gasteiger partial charge in [0, 0.05) is 30.9 Å². The fraction of sp³-hybridized carbons (Fsp3) is 0.435. The quantitative estimate of drug-likeness (QED) is 0.737. The van der Waals surface area contributed by atoms with Crippen LogP contribution in [-0.4, -0.2) is 47.5 Å². The van der Waals surface area contributed by atoms with Crippen molar-refractivity contribution < 1.29 is 4.79 Å². The van der Waals surface area contributed by atoms with Crippen LogP contribution in [0.3, 0.4) is 0 Å². The number of benzene rings is 2. The molecule has 0 unspecified atom stereocenters. The van der Waals surface area contributed by atoms with Crippen LogP contribution in [0.2, 0.25) is 0 Å². The molecule has 27 heavy (non-hydrogen) atoms. The Morgan fingerprint density at radius 3 is 2.74 bits per heavy atom. The van der Waals surface area contributed by atoms with Gasteiger partial charge < -0.3 is 15.1 Å². The molecule has 2 atom stereocenters. The number of nitrogens with zero attached hydrogens (tertiary/aromatic N) is 2. The molecule has 2 fully saturated rings.